The minimum atomic E-state index is -0.268. The Bertz CT molecular complexity index is 905. The lowest BCUT2D eigenvalue weighted by Gasteiger charge is -2.20. The van der Waals surface area contributed by atoms with Gasteiger partial charge in [-0.25, -0.2) is 4.98 Å². The molecule has 140 valence electrons. The molecule has 3 aromatic rings. The molecule has 1 N–H and O–H groups in total. The number of benzene rings is 2. The predicted octanol–water partition coefficient (Wildman–Crippen LogP) is 5.85. The van der Waals surface area contributed by atoms with E-state index < -0.39 is 0 Å². The summed E-state index contributed by atoms with van der Waals surface area (Å²) in [6.45, 7) is 4.06. The smallest absolute Gasteiger partial charge is 0.233 e. The number of amides is 1. The van der Waals surface area contributed by atoms with Crippen LogP contribution in [0.15, 0.2) is 53.9 Å². The molecule has 1 heterocycles. The first-order chi connectivity index (χ1) is 13.0. The number of ether oxygens (including phenoxy) is 1. The molecule has 3 rings (SSSR count). The Morgan fingerprint density at radius 3 is 2.37 bits per heavy atom. The van der Waals surface area contributed by atoms with Crippen molar-refractivity contribution >= 4 is 34.0 Å². The van der Waals surface area contributed by atoms with E-state index in [9.17, 15) is 4.79 Å². The second-order valence-corrected chi connectivity index (χ2v) is 7.82. The summed E-state index contributed by atoms with van der Waals surface area (Å²) in [4.78, 5) is 17.4. The second-order valence-electron chi connectivity index (χ2n) is 6.53. The van der Waals surface area contributed by atoms with Crippen molar-refractivity contribution in [3.05, 3.63) is 64.5 Å². The van der Waals surface area contributed by atoms with E-state index in [1.54, 1.807) is 7.11 Å². The van der Waals surface area contributed by atoms with Gasteiger partial charge in [-0.15, -0.1) is 11.3 Å². The number of carbonyl (C=O) groups is 1. The maximum atomic E-state index is 12.9. The van der Waals surface area contributed by atoms with Crippen molar-refractivity contribution in [3.8, 4) is 17.0 Å². The average Bonchev–Trinajstić information content (AvgIpc) is 3.11. The quantitative estimate of drug-likeness (QED) is 0.564. The number of nitrogens with one attached hydrogen (secondary N) is 1. The lowest BCUT2D eigenvalue weighted by atomic mass is 9.88. The van der Waals surface area contributed by atoms with E-state index in [0.29, 0.717) is 10.2 Å². The molecule has 1 atom stereocenters. The van der Waals surface area contributed by atoms with Gasteiger partial charge in [0.25, 0.3) is 0 Å². The molecule has 0 spiro atoms. The van der Waals surface area contributed by atoms with Crippen molar-refractivity contribution < 1.29 is 9.53 Å². The highest BCUT2D eigenvalue weighted by Crippen LogP contribution is 2.30. The highest BCUT2D eigenvalue weighted by molar-refractivity contribution is 7.14. The number of rotatable bonds is 6. The van der Waals surface area contributed by atoms with Gasteiger partial charge in [0.05, 0.1) is 18.7 Å². The number of aromatic nitrogens is 1. The molecular weight excluding hydrogens is 380 g/mol. The van der Waals surface area contributed by atoms with Gasteiger partial charge in [0.15, 0.2) is 5.13 Å². The first kappa shape index (κ1) is 19.4. The number of nitrogens with zero attached hydrogens (tertiary/aromatic N) is 1. The van der Waals surface area contributed by atoms with Crippen LogP contribution in [0, 0.1) is 5.92 Å². The second kappa shape index (κ2) is 8.55. The van der Waals surface area contributed by atoms with E-state index in [1.807, 2.05) is 67.8 Å². The number of methoxy groups -OCH3 is 1. The molecule has 0 aliphatic rings. The van der Waals surface area contributed by atoms with Gasteiger partial charge in [-0.1, -0.05) is 37.6 Å². The summed E-state index contributed by atoms with van der Waals surface area (Å²) in [7, 11) is 1.64. The van der Waals surface area contributed by atoms with Gasteiger partial charge in [0.1, 0.15) is 5.75 Å². The zero-order chi connectivity index (χ0) is 19.4. The molecule has 0 aliphatic carbocycles. The van der Waals surface area contributed by atoms with Crippen LogP contribution in [-0.2, 0) is 4.79 Å². The molecule has 0 radical (unpaired) electrons. The van der Waals surface area contributed by atoms with Crippen LogP contribution in [0.2, 0.25) is 5.02 Å². The summed E-state index contributed by atoms with van der Waals surface area (Å²) in [5, 5.41) is 6.14. The van der Waals surface area contributed by atoms with Crippen LogP contribution in [0.25, 0.3) is 11.3 Å². The van der Waals surface area contributed by atoms with E-state index in [4.69, 9.17) is 16.3 Å². The third-order valence-electron chi connectivity index (χ3n) is 4.30. The molecule has 1 aromatic heterocycles. The minimum Gasteiger partial charge on any atom is -0.497 e. The molecule has 1 amide bonds. The molecule has 2 aromatic carbocycles. The zero-order valence-electron chi connectivity index (χ0n) is 15.4. The van der Waals surface area contributed by atoms with Crippen LogP contribution in [0.4, 0.5) is 5.13 Å². The van der Waals surface area contributed by atoms with Gasteiger partial charge < -0.3 is 10.1 Å². The Morgan fingerprint density at radius 1 is 1.11 bits per heavy atom. The van der Waals surface area contributed by atoms with Crippen LogP contribution in [0.1, 0.15) is 25.3 Å². The topological polar surface area (TPSA) is 51.2 Å². The number of anilines is 1. The Morgan fingerprint density at radius 2 is 1.78 bits per heavy atom. The first-order valence-corrected chi connectivity index (χ1v) is 9.90. The maximum absolute atomic E-state index is 12.9. The summed E-state index contributed by atoms with van der Waals surface area (Å²) >= 11 is 7.38. The van der Waals surface area contributed by atoms with Gasteiger partial charge in [-0.05, 0) is 47.9 Å². The fourth-order valence-corrected chi connectivity index (χ4v) is 3.77. The Balaban J connectivity index is 1.76. The standard InChI is InChI=1S/C21H21ClN2O2S/c1-13(2)19(15-4-8-16(22)9-5-15)20(25)24-21-23-18(12-27-21)14-6-10-17(26-3)11-7-14/h4-13,19H,1-3H3,(H,23,24,25)/t19-/m0/s1. The summed E-state index contributed by atoms with van der Waals surface area (Å²) in [6.07, 6.45) is 0. The lowest BCUT2D eigenvalue weighted by molar-refractivity contribution is -0.118. The van der Waals surface area contributed by atoms with Crippen LogP contribution in [0.3, 0.4) is 0 Å². The third-order valence-corrected chi connectivity index (χ3v) is 5.31. The molecule has 0 fully saturated rings. The molecule has 27 heavy (non-hydrogen) atoms. The van der Waals surface area contributed by atoms with E-state index >= 15 is 0 Å². The maximum Gasteiger partial charge on any atom is 0.233 e. The predicted molar refractivity (Wildman–Crippen MR) is 112 cm³/mol. The summed E-state index contributed by atoms with van der Waals surface area (Å²) in [5.74, 6) is 0.607. The van der Waals surface area contributed by atoms with Gasteiger partial charge in [-0.3, -0.25) is 4.79 Å². The molecule has 0 saturated heterocycles. The van der Waals surface area contributed by atoms with Gasteiger partial charge >= 0.3 is 0 Å². The lowest BCUT2D eigenvalue weighted by Crippen LogP contribution is -2.25. The number of carbonyl (C=O) groups excluding carboxylic acids is 1. The van der Waals surface area contributed by atoms with Crippen molar-refractivity contribution in [1.29, 1.82) is 0 Å². The highest BCUT2D eigenvalue weighted by atomic mass is 35.5. The Hall–Kier alpha value is -2.37. The van der Waals surface area contributed by atoms with Gasteiger partial charge in [-0.2, -0.15) is 0 Å². The SMILES string of the molecule is COc1ccc(-c2csc(NC(=O)[C@H](c3ccc(Cl)cc3)C(C)C)n2)cc1. The largest absolute Gasteiger partial charge is 0.497 e. The number of hydrogen-bond acceptors (Lipinski definition) is 4. The fraction of sp³-hybridized carbons (Fsp3) is 0.238. The molecular formula is C21H21ClN2O2S. The van der Waals surface area contributed by atoms with Crippen LogP contribution < -0.4 is 10.1 Å². The minimum absolute atomic E-state index is 0.0667. The average molecular weight is 401 g/mol. The highest BCUT2D eigenvalue weighted by Gasteiger charge is 2.25. The van der Waals surface area contributed by atoms with E-state index in [2.05, 4.69) is 10.3 Å². The molecule has 0 unspecified atom stereocenters. The molecule has 0 saturated carbocycles. The van der Waals surface area contributed by atoms with Crippen molar-refractivity contribution in [2.45, 2.75) is 19.8 Å². The van der Waals surface area contributed by atoms with Crippen molar-refractivity contribution in [1.82, 2.24) is 4.98 Å². The Kier molecular flexibility index (Phi) is 6.14. The summed E-state index contributed by atoms with van der Waals surface area (Å²) < 4.78 is 5.18. The molecule has 4 nitrogen and oxygen atoms in total. The summed E-state index contributed by atoms with van der Waals surface area (Å²) in [5.41, 5.74) is 2.75. The number of thiazole rings is 1. The van der Waals surface area contributed by atoms with Crippen LogP contribution in [0.5, 0.6) is 5.75 Å². The van der Waals surface area contributed by atoms with E-state index in [-0.39, 0.29) is 17.7 Å². The zero-order valence-corrected chi connectivity index (χ0v) is 17.0. The summed E-state index contributed by atoms with van der Waals surface area (Å²) in [6, 6.07) is 15.1. The van der Waals surface area contributed by atoms with Crippen molar-refractivity contribution in [2.75, 3.05) is 12.4 Å². The number of halogens is 1. The first-order valence-electron chi connectivity index (χ1n) is 8.64. The Labute approximate surface area is 168 Å². The third kappa shape index (κ3) is 4.67. The van der Waals surface area contributed by atoms with E-state index in [1.165, 1.54) is 11.3 Å². The van der Waals surface area contributed by atoms with Crippen molar-refractivity contribution in [3.63, 3.8) is 0 Å². The molecule has 0 aliphatic heterocycles. The van der Waals surface area contributed by atoms with E-state index in [0.717, 1.165) is 22.6 Å². The number of hydrogen-bond donors (Lipinski definition) is 1. The molecule has 0 bridgehead atoms. The van der Waals surface area contributed by atoms with Crippen LogP contribution in [-0.4, -0.2) is 18.0 Å². The monoisotopic (exact) mass is 400 g/mol. The normalized spacial score (nSPS) is 12.0. The van der Waals surface area contributed by atoms with Crippen molar-refractivity contribution in [2.24, 2.45) is 5.92 Å². The fourth-order valence-electron chi connectivity index (χ4n) is 2.92. The van der Waals surface area contributed by atoms with Crippen LogP contribution >= 0.6 is 22.9 Å². The van der Waals surface area contributed by atoms with Gasteiger partial charge in [0.2, 0.25) is 5.91 Å². The molecule has 6 heteroatoms. The van der Waals surface area contributed by atoms with Gasteiger partial charge in [0, 0.05) is 16.0 Å².